The minimum absolute atomic E-state index is 0.0867. The van der Waals surface area contributed by atoms with E-state index < -0.39 is 22.0 Å². The van der Waals surface area contributed by atoms with Crippen molar-refractivity contribution in [3.05, 3.63) is 98.6 Å². The third kappa shape index (κ3) is 4.64. The molecule has 2 heterocycles. The Morgan fingerprint density at radius 1 is 1.10 bits per heavy atom. The SMILES string of the molecule is CC(=O)CC(=O)OCc1cc([N+](=O)[O-])cc2c1OC1(CC2)N(Cc2ccc(C)cc2)c2ccccc2C1(C)C. The van der Waals surface area contributed by atoms with Gasteiger partial charge in [0.1, 0.15) is 24.6 Å². The number of fused-ring (bicyclic) bond motifs is 2. The molecule has 39 heavy (non-hydrogen) atoms. The van der Waals surface area contributed by atoms with Gasteiger partial charge in [0.25, 0.3) is 5.69 Å². The van der Waals surface area contributed by atoms with Gasteiger partial charge < -0.3 is 14.4 Å². The van der Waals surface area contributed by atoms with Crippen molar-refractivity contribution in [1.82, 2.24) is 0 Å². The van der Waals surface area contributed by atoms with Gasteiger partial charge in [-0.25, -0.2) is 0 Å². The lowest BCUT2D eigenvalue weighted by atomic mass is 9.73. The molecule has 0 bridgehead atoms. The number of benzene rings is 3. The molecular formula is C31H32N2O6. The number of para-hydroxylation sites is 1. The van der Waals surface area contributed by atoms with E-state index in [0.29, 0.717) is 36.3 Å². The van der Waals surface area contributed by atoms with Gasteiger partial charge >= 0.3 is 5.97 Å². The number of hydrogen-bond donors (Lipinski definition) is 0. The predicted molar refractivity (Wildman–Crippen MR) is 147 cm³/mol. The van der Waals surface area contributed by atoms with Crippen LogP contribution in [0.3, 0.4) is 0 Å². The molecule has 8 nitrogen and oxygen atoms in total. The largest absolute Gasteiger partial charge is 0.466 e. The Morgan fingerprint density at radius 2 is 1.82 bits per heavy atom. The lowest BCUT2D eigenvalue weighted by Gasteiger charge is -2.50. The summed E-state index contributed by atoms with van der Waals surface area (Å²) >= 11 is 0. The van der Waals surface area contributed by atoms with Crippen LogP contribution in [-0.2, 0) is 39.3 Å². The number of carbonyl (C=O) groups excluding carboxylic acids is 2. The number of esters is 1. The number of nitro benzene ring substituents is 1. The highest BCUT2D eigenvalue weighted by Gasteiger charge is 2.60. The average molecular weight is 529 g/mol. The first kappa shape index (κ1) is 26.4. The maximum atomic E-state index is 12.2. The molecule has 0 saturated heterocycles. The highest BCUT2D eigenvalue weighted by Crippen LogP contribution is 2.57. The molecule has 3 aromatic carbocycles. The Kier molecular flexibility index (Phi) is 6.66. The minimum Gasteiger partial charge on any atom is -0.466 e. The molecule has 1 spiro atoms. The van der Waals surface area contributed by atoms with Gasteiger partial charge in [-0.2, -0.15) is 0 Å². The fourth-order valence-corrected chi connectivity index (χ4v) is 5.90. The lowest BCUT2D eigenvalue weighted by molar-refractivity contribution is -0.385. The Balaban J connectivity index is 1.59. The zero-order chi connectivity index (χ0) is 27.9. The number of nitro groups is 1. The number of Topliss-reactive ketones (excluding diaryl/α,β-unsaturated/α-hetero) is 1. The van der Waals surface area contributed by atoms with Gasteiger partial charge in [-0.1, -0.05) is 48.0 Å². The Bertz CT molecular complexity index is 1460. The van der Waals surface area contributed by atoms with Crippen molar-refractivity contribution in [2.75, 3.05) is 4.90 Å². The van der Waals surface area contributed by atoms with Crippen molar-refractivity contribution in [3.63, 3.8) is 0 Å². The monoisotopic (exact) mass is 528 g/mol. The third-order valence-corrected chi connectivity index (χ3v) is 7.97. The van der Waals surface area contributed by atoms with Gasteiger partial charge in [0, 0.05) is 41.9 Å². The summed E-state index contributed by atoms with van der Waals surface area (Å²) in [5.41, 5.74) is 4.38. The highest BCUT2D eigenvalue weighted by atomic mass is 16.6. The van der Waals surface area contributed by atoms with E-state index in [1.807, 2.05) is 12.1 Å². The summed E-state index contributed by atoms with van der Waals surface area (Å²) in [7, 11) is 0. The van der Waals surface area contributed by atoms with Gasteiger partial charge in [0.2, 0.25) is 0 Å². The third-order valence-electron chi connectivity index (χ3n) is 7.97. The molecule has 0 saturated carbocycles. The van der Waals surface area contributed by atoms with Crippen LogP contribution >= 0.6 is 0 Å². The number of aryl methyl sites for hydroxylation is 2. The topological polar surface area (TPSA) is 99.0 Å². The normalized spacial score (nSPS) is 18.7. The number of nitrogens with zero attached hydrogens (tertiary/aromatic N) is 2. The molecule has 0 aliphatic carbocycles. The van der Waals surface area contributed by atoms with Crippen LogP contribution in [-0.4, -0.2) is 22.4 Å². The number of ketones is 1. The van der Waals surface area contributed by atoms with Gasteiger partial charge in [0.05, 0.1) is 10.3 Å². The predicted octanol–water partition coefficient (Wildman–Crippen LogP) is 5.94. The Hall–Kier alpha value is -4.20. The zero-order valence-electron chi connectivity index (χ0n) is 22.7. The zero-order valence-corrected chi connectivity index (χ0v) is 22.7. The second kappa shape index (κ2) is 9.84. The molecule has 0 amide bonds. The molecule has 0 N–H and O–H groups in total. The standard InChI is InChI=1S/C31H32N2O6/c1-20-9-11-22(12-10-20)18-32-27-8-6-5-7-26(27)30(3,4)31(32)14-13-23-16-25(33(36)37)17-24(29(23)39-31)19-38-28(35)15-21(2)34/h5-12,16-17H,13-15,18-19H2,1-4H3. The van der Waals surface area contributed by atoms with Gasteiger partial charge in [0.15, 0.2) is 5.72 Å². The van der Waals surface area contributed by atoms with Crippen LogP contribution in [0, 0.1) is 17.0 Å². The van der Waals surface area contributed by atoms with Crippen LogP contribution in [0.5, 0.6) is 5.75 Å². The van der Waals surface area contributed by atoms with E-state index >= 15 is 0 Å². The van der Waals surface area contributed by atoms with E-state index in [-0.39, 0.29) is 24.5 Å². The fourth-order valence-electron chi connectivity index (χ4n) is 5.90. The lowest BCUT2D eigenvalue weighted by Crippen LogP contribution is -2.61. The molecular weight excluding hydrogens is 496 g/mol. The van der Waals surface area contributed by atoms with Crippen molar-refractivity contribution in [2.24, 2.45) is 0 Å². The van der Waals surface area contributed by atoms with E-state index in [1.54, 1.807) is 6.07 Å². The van der Waals surface area contributed by atoms with Gasteiger partial charge in [-0.15, -0.1) is 0 Å². The van der Waals surface area contributed by atoms with Crippen LogP contribution in [0.25, 0.3) is 0 Å². The molecule has 1 unspecified atom stereocenters. The summed E-state index contributed by atoms with van der Waals surface area (Å²) in [6.45, 7) is 8.11. The molecule has 1 atom stereocenters. The summed E-state index contributed by atoms with van der Waals surface area (Å²) in [6.07, 6.45) is 0.806. The van der Waals surface area contributed by atoms with E-state index in [1.165, 1.54) is 18.6 Å². The summed E-state index contributed by atoms with van der Waals surface area (Å²) in [5, 5.41) is 11.7. The second-order valence-corrected chi connectivity index (χ2v) is 11.0. The average Bonchev–Trinajstić information content (AvgIpc) is 3.06. The number of rotatable bonds is 7. The first-order valence-corrected chi connectivity index (χ1v) is 13.1. The summed E-state index contributed by atoms with van der Waals surface area (Å²) in [6, 6.07) is 19.7. The summed E-state index contributed by atoms with van der Waals surface area (Å²) < 4.78 is 12.4. The molecule has 0 fully saturated rings. The summed E-state index contributed by atoms with van der Waals surface area (Å²) in [4.78, 5) is 37.1. The van der Waals surface area contributed by atoms with E-state index in [0.717, 1.165) is 16.8 Å². The number of carbonyl (C=O) groups is 2. The maximum absolute atomic E-state index is 12.2. The van der Waals surface area contributed by atoms with Crippen molar-refractivity contribution in [1.29, 1.82) is 0 Å². The molecule has 0 radical (unpaired) electrons. The Labute approximate surface area is 227 Å². The van der Waals surface area contributed by atoms with Crippen molar-refractivity contribution < 1.29 is 24.0 Å². The summed E-state index contributed by atoms with van der Waals surface area (Å²) in [5.74, 6) is -0.492. The number of hydrogen-bond acceptors (Lipinski definition) is 7. The molecule has 0 aromatic heterocycles. The molecule has 5 rings (SSSR count). The van der Waals surface area contributed by atoms with E-state index in [4.69, 9.17) is 9.47 Å². The Morgan fingerprint density at radius 3 is 2.51 bits per heavy atom. The quantitative estimate of drug-likeness (QED) is 0.162. The van der Waals surface area contributed by atoms with Gasteiger partial charge in [-0.05, 0) is 51.3 Å². The number of anilines is 1. The van der Waals surface area contributed by atoms with Crippen molar-refractivity contribution >= 4 is 23.1 Å². The van der Waals surface area contributed by atoms with E-state index in [9.17, 15) is 19.7 Å². The number of non-ortho nitro benzene ring substituents is 1. The molecule has 3 aromatic rings. The van der Waals surface area contributed by atoms with Crippen molar-refractivity contribution in [2.45, 2.75) is 71.2 Å². The highest BCUT2D eigenvalue weighted by molar-refractivity contribution is 5.94. The van der Waals surface area contributed by atoms with Crippen LogP contribution in [0.2, 0.25) is 0 Å². The second-order valence-electron chi connectivity index (χ2n) is 11.0. The molecule has 8 heteroatoms. The van der Waals surface area contributed by atoms with E-state index in [2.05, 4.69) is 62.1 Å². The van der Waals surface area contributed by atoms with Crippen molar-refractivity contribution in [3.8, 4) is 5.75 Å². The molecule has 202 valence electrons. The minimum atomic E-state index is -0.789. The molecule has 2 aliphatic heterocycles. The van der Waals surface area contributed by atoms with Crippen LogP contribution < -0.4 is 9.64 Å². The first-order valence-electron chi connectivity index (χ1n) is 13.1. The maximum Gasteiger partial charge on any atom is 0.313 e. The first-order chi connectivity index (χ1) is 18.5. The van der Waals surface area contributed by atoms with Gasteiger partial charge in [-0.3, -0.25) is 19.7 Å². The van der Waals surface area contributed by atoms with Crippen LogP contribution in [0.15, 0.2) is 60.7 Å². The van der Waals surface area contributed by atoms with Crippen LogP contribution in [0.1, 0.15) is 61.4 Å². The van der Waals surface area contributed by atoms with Crippen LogP contribution in [0.4, 0.5) is 11.4 Å². The molecule has 2 aliphatic rings. The smallest absolute Gasteiger partial charge is 0.313 e. The number of ether oxygens (including phenoxy) is 2. The fraction of sp³-hybridized carbons (Fsp3) is 0.355.